The summed E-state index contributed by atoms with van der Waals surface area (Å²) < 4.78 is 10.3. The highest BCUT2D eigenvalue weighted by atomic mass is 16.6. The van der Waals surface area contributed by atoms with Crippen molar-refractivity contribution in [3.63, 3.8) is 0 Å². The van der Waals surface area contributed by atoms with Crippen molar-refractivity contribution in [1.29, 1.82) is 0 Å². The topological polar surface area (TPSA) is 95.7 Å². The van der Waals surface area contributed by atoms with E-state index in [9.17, 15) is 19.7 Å². The van der Waals surface area contributed by atoms with E-state index in [0.29, 0.717) is 11.3 Å². The minimum absolute atomic E-state index is 0.0817. The molecule has 0 spiro atoms. The van der Waals surface area contributed by atoms with Crippen molar-refractivity contribution in [2.45, 2.75) is 0 Å². The number of carbonyl (C=O) groups is 2. The summed E-state index contributed by atoms with van der Waals surface area (Å²) in [6, 6.07) is 18.6. The second kappa shape index (κ2) is 9.29. The number of nitro benzene ring substituents is 1. The molecule has 3 rings (SSSR count). The molecule has 3 aromatic carbocycles. The summed E-state index contributed by atoms with van der Waals surface area (Å²) in [5, 5.41) is 10.8. The monoisotopic (exact) mass is 403 g/mol. The zero-order chi connectivity index (χ0) is 21.5. The van der Waals surface area contributed by atoms with Crippen LogP contribution >= 0.6 is 0 Å². The molecule has 0 saturated heterocycles. The summed E-state index contributed by atoms with van der Waals surface area (Å²) in [5.74, 6) is 0.103. The standard InChI is InChI=1S/C23H17NO6/c1-29-20-12-8-17(9-13-20)22(25)14-7-16-5-10-21(11-6-16)30-23(26)18-3-2-4-19(15-18)24(27)28/h2-15H,1H3. The first-order chi connectivity index (χ1) is 14.5. The van der Waals surface area contributed by atoms with Crippen LogP contribution in [0.4, 0.5) is 5.69 Å². The van der Waals surface area contributed by atoms with Gasteiger partial charge in [-0.1, -0.05) is 24.3 Å². The Morgan fingerprint density at radius 2 is 1.57 bits per heavy atom. The molecule has 150 valence electrons. The lowest BCUT2D eigenvalue weighted by molar-refractivity contribution is -0.384. The minimum Gasteiger partial charge on any atom is -0.497 e. The molecule has 0 fully saturated rings. The summed E-state index contributed by atoms with van der Waals surface area (Å²) in [5.41, 5.74) is 1.17. The number of ketones is 1. The van der Waals surface area contributed by atoms with Gasteiger partial charge in [-0.2, -0.15) is 0 Å². The molecule has 7 heteroatoms. The van der Waals surface area contributed by atoms with Gasteiger partial charge in [0.2, 0.25) is 0 Å². The molecule has 0 N–H and O–H groups in total. The van der Waals surface area contributed by atoms with Crippen molar-refractivity contribution in [3.05, 3.63) is 106 Å². The number of rotatable bonds is 7. The highest BCUT2D eigenvalue weighted by molar-refractivity contribution is 6.06. The van der Waals surface area contributed by atoms with E-state index in [0.717, 1.165) is 11.6 Å². The van der Waals surface area contributed by atoms with E-state index in [-0.39, 0.29) is 22.8 Å². The fourth-order valence-corrected chi connectivity index (χ4v) is 2.58. The number of hydrogen-bond acceptors (Lipinski definition) is 6. The minimum atomic E-state index is -0.698. The van der Waals surface area contributed by atoms with Gasteiger partial charge in [-0.25, -0.2) is 4.79 Å². The predicted molar refractivity (Wildman–Crippen MR) is 111 cm³/mol. The smallest absolute Gasteiger partial charge is 0.343 e. The van der Waals surface area contributed by atoms with Gasteiger partial charge in [0.05, 0.1) is 17.6 Å². The molecule has 0 atom stereocenters. The van der Waals surface area contributed by atoms with E-state index >= 15 is 0 Å². The lowest BCUT2D eigenvalue weighted by Crippen LogP contribution is -2.08. The van der Waals surface area contributed by atoms with Crippen LogP contribution in [0, 0.1) is 10.1 Å². The van der Waals surface area contributed by atoms with Crippen molar-refractivity contribution in [3.8, 4) is 11.5 Å². The number of allylic oxidation sites excluding steroid dienone is 1. The summed E-state index contributed by atoms with van der Waals surface area (Å²) in [6.45, 7) is 0. The third-order valence-corrected chi connectivity index (χ3v) is 4.19. The van der Waals surface area contributed by atoms with E-state index in [4.69, 9.17) is 9.47 Å². The molecule has 0 radical (unpaired) electrons. The summed E-state index contributed by atoms with van der Waals surface area (Å²) in [6.07, 6.45) is 3.10. The van der Waals surface area contributed by atoms with Gasteiger partial charge < -0.3 is 9.47 Å². The molecule has 0 heterocycles. The maximum absolute atomic E-state index is 12.2. The van der Waals surface area contributed by atoms with Gasteiger partial charge in [0.25, 0.3) is 5.69 Å². The predicted octanol–water partition coefficient (Wildman–Crippen LogP) is 4.72. The molecular formula is C23H17NO6. The van der Waals surface area contributed by atoms with E-state index in [1.807, 2.05) is 0 Å². The SMILES string of the molecule is COc1ccc(C(=O)C=Cc2ccc(OC(=O)c3cccc([N+](=O)[O-])c3)cc2)cc1. The zero-order valence-electron chi connectivity index (χ0n) is 16.0. The highest BCUT2D eigenvalue weighted by Crippen LogP contribution is 2.18. The van der Waals surface area contributed by atoms with Crippen molar-refractivity contribution < 1.29 is 24.0 Å². The van der Waals surface area contributed by atoms with Gasteiger partial charge in [-0.3, -0.25) is 14.9 Å². The Labute approximate surface area is 172 Å². The molecule has 0 saturated carbocycles. The van der Waals surface area contributed by atoms with Crippen LogP contribution in [0.1, 0.15) is 26.3 Å². The number of hydrogen-bond donors (Lipinski definition) is 0. The molecule has 0 bridgehead atoms. The molecule has 0 unspecified atom stereocenters. The van der Waals surface area contributed by atoms with Crippen molar-refractivity contribution in [2.24, 2.45) is 0 Å². The Kier molecular flexibility index (Phi) is 6.34. The Hall–Kier alpha value is -4.26. The molecule has 0 aliphatic carbocycles. The van der Waals surface area contributed by atoms with Crippen LogP contribution in [0.25, 0.3) is 6.08 Å². The van der Waals surface area contributed by atoms with E-state index in [1.54, 1.807) is 61.7 Å². The first kappa shape index (κ1) is 20.5. The van der Waals surface area contributed by atoms with Gasteiger partial charge in [0.1, 0.15) is 11.5 Å². The normalized spacial score (nSPS) is 10.6. The Bertz CT molecular complexity index is 1100. The third kappa shape index (κ3) is 5.17. The second-order valence-corrected chi connectivity index (χ2v) is 6.19. The average Bonchev–Trinajstić information content (AvgIpc) is 2.78. The molecule has 3 aromatic rings. The van der Waals surface area contributed by atoms with Crippen molar-refractivity contribution >= 4 is 23.5 Å². The fraction of sp³-hybridized carbons (Fsp3) is 0.0435. The maximum atomic E-state index is 12.2. The maximum Gasteiger partial charge on any atom is 0.343 e. The van der Waals surface area contributed by atoms with Crippen LogP contribution in [-0.2, 0) is 0 Å². The lowest BCUT2D eigenvalue weighted by Gasteiger charge is -2.05. The van der Waals surface area contributed by atoms with Crippen LogP contribution in [0.5, 0.6) is 11.5 Å². The Morgan fingerprint density at radius 3 is 2.20 bits per heavy atom. The molecule has 0 aliphatic rings. The van der Waals surface area contributed by atoms with E-state index in [2.05, 4.69) is 0 Å². The van der Waals surface area contributed by atoms with Gasteiger partial charge in [-0.05, 0) is 54.1 Å². The van der Waals surface area contributed by atoms with Crippen molar-refractivity contribution in [2.75, 3.05) is 7.11 Å². The summed E-state index contributed by atoms with van der Waals surface area (Å²) >= 11 is 0. The first-order valence-corrected chi connectivity index (χ1v) is 8.89. The van der Waals surface area contributed by atoms with Gasteiger partial charge in [0, 0.05) is 17.7 Å². The number of methoxy groups -OCH3 is 1. The van der Waals surface area contributed by atoms with Crippen LogP contribution in [-0.4, -0.2) is 23.8 Å². The number of nitrogens with zero attached hydrogens (tertiary/aromatic N) is 1. The second-order valence-electron chi connectivity index (χ2n) is 6.19. The number of carbonyl (C=O) groups excluding carboxylic acids is 2. The van der Waals surface area contributed by atoms with Crippen LogP contribution in [0.15, 0.2) is 78.9 Å². The number of esters is 1. The zero-order valence-corrected chi connectivity index (χ0v) is 16.0. The number of nitro groups is 1. The Balaban J connectivity index is 1.63. The lowest BCUT2D eigenvalue weighted by atomic mass is 10.1. The van der Waals surface area contributed by atoms with Crippen LogP contribution < -0.4 is 9.47 Å². The molecular weight excluding hydrogens is 386 g/mol. The molecule has 7 nitrogen and oxygen atoms in total. The molecule has 0 amide bonds. The third-order valence-electron chi connectivity index (χ3n) is 4.19. The molecule has 0 aliphatic heterocycles. The van der Waals surface area contributed by atoms with Gasteiger partial charge >= 0.3 is 5.97 Å². The average molecular weight is 403 g/mol. The van der Waals surface area contributed by atoms with Gasteiger partial charge in [0.15, 0.2) is 5.78 Å². The summed E-state index contributed by atoms with van der Waals surface area (Å²) in [4.78, 5) is 34.6. The summed E-state index contributed by atoms with van der Waals surface area (Å²) in [7, 11) is 1.56. The van der Waals surface area contributed by atoms with Crippen LogP contribution in [0.2, 0.25) is 0 Å². The van der Waals surface area contributed by atoms with Crippen molar-refractivity contribution in [1.82, 2.24) is 0 Å². The number of ether oxygens (including phenoxy) is 2. The highest BCUT2D eigenvalue weighted by Gasteiger charge is 2.13. The van der Waals surface area contributed by atoms with Gasteiger partial charge in [-0.15, -0.1) is 0 Å². The largest absolute Gasteiger partial charge is 0.497 e. The fourth-order valence-electron chi connectivity index (χ4n) is 2.58. The number of benzene rings is 3. The Morgan fingerprint density at radius 1 is 0.900 bits per heavy atom. The molecule has 30 heavy (non-hydrogen) atoms. The number of non-ortho nitro benzene ring substituents is 1. The van der Waals surface area contributed by atoms with E-state index < -0.39 is 10.9 Å². The van der Waals surface area contributed by atoms with Crippen LogP contribution in [0.3, 0.4) is 0 Å². The quantitative estimate of drug-likeness (QED) is 0.141. The molecule has 0 aromatic heterocycles. The van der Waals surface area contributed by atoms with E-state index in [1.165, 1.54) is 24.3 Å². The first-order valence-electron chi connectivity index (χ1n) is 8.89.